The third-order valence-electron chi connectivity index (χ3n) is 2.04. The zero-order valence-corrected chi connectivity index (χ0v) is 9.41. The lowest BCUT2D eigenvalue weighted by Gasteiger charge is -2.11. The number of carbonyl (C=O) groups is 2. The molecule has 0 rings (SSSR count). The Bertz CT molecular complexity index is 207. The molecule has 0 aromatic rings. The number of nitrogens with two attached hydrogens (primary N) is 1. The summed E-state index contributed by atoms with van der Waals surface area (Å²) in [5, 5.41) is 2.56. The van der Waals surface area contributed by atoms with Gasteiger partial charge >= 0.3 is 5.97 Å². The van der Waals surface area contributed by atoms with E-state index in [0.29, 0.717) is 13.0 Å². The fraction of sp³-hybridized carbons (Fsp3) is 0.800. The van der Waals surface area contributed by atoms with E-state index in [1.165, 1.54) is 7.11 Å². The van der Waals surface area contributed by atoms with Crippen LogP contribution in [-0.2, 0) is 14.3 Å². The number of amides is 1. The van der Waals surface area contributed by atoms with E-state index in [2.05, 4.69) is 10.1 Å². The third-order valence-corrected chi connectivity index (χ3v) is 2.04. The van der Waals surface area contributed by atoms with E-state index >= 15 is 0 Å². The van der Waals surface area contributed by atoms with E-state index in [9.17, 15) is 9.59 Å². The van der Waals surface area contributed by atoms with Crippen LogP contribution in [0.5, 0.6) is 0 Å². The highest BCUT2D eigenvalue weighted by molar-refractivity contribution is 5.83. The van der Waals surface area contributed by atoms with Gasteiger partial charge in [-0.25, -0.2) is 4.79 Å². The van der Waals surface area contributed by atoms with Crippen molar-refractivity contribution in [2.24, 2.45) is 5.73 Å². The Balaban J connectivity index is 3.60. The molecule has 88 valence electrons. The van der Waals surface area contributed by atoms with Gasteiger partial charge in [-0.3, -0.25) is 4.79 Å². The first kappa shape index (κ1) is 13.9. The maximum atomic E-state index is 11.3. The van der Waals surface area contributed by atoms with Crippen molar-refractivity contribution in [1.29, 1.82) is 0 Å². The van der Waals surface area contributed by atoms with Crippen LogP contribution in [0.1, 0.15) is 32.6 Å². The van der Waals surface area contributed by atoms with Crippen LogP contribution in [-0.4, -0.2) is 31.6 Å². The van der Waals surface area contributed by atoms with Gasteiger partial charge in [-0.15, -0.1) is 0 Å². The second-order valence-corrected chi connectivity index (χ2v) is 3.41. The van der Waals surface area contributed by atoms with Crippen molar-refractivity contribution in [1.82, 2.24) is 5.32 Å². The Morgan fingerprint density at radius 1 is 1.33 bits per heavy atom. The van der Waals surface area contributed by atoms with Crippen LogP contribution in [0.3, 0.4) is 0 Å². The number of methoxy groups -OCH3 is 1. The number of hydrogen-bond donors (Lipinski definition) is 2. The van der Waals surface area contributed by atoms with Gasteiger partial charge in [0.15, 0.2) is 0 Å². The molecule has 0 saturated heterocycles. The molecular formula is C10H20N2O3. The second-order valence-electron chi connectivity index (χ2n) is 3.41. The largest absolute Gasteiger partial charge is 0.467 e. The molecule has 1 amide bonds. The summed E-state index contributed by atoms with van der Waals surface area (Å²) < 4.78 is 4.49. The summed E-state index contributed by atoms with van der Waals surface area (Å²) in [4.78, 5) is 22.3. The van der Waals surface area contributed by atoms with E-state index in [1.54, 1.807) is 6.92 Å². The molecule has 0 aliphatic carbocycles. The Morgan fingerprint density at radius 2 is 2.00 bits per heavy atom. The quantitative estimate of drug-likeness (QED) is 0.470. The Labute approximate surface area is 90.4 Å². The first-order valence-corrected chi connectivity index (χ1v) is 5.19. The number of unbranched alkanes of at least 4 members (excludes halogenated alkanes) is 2. The first-order valence-electron chi connectivity index (χ1n) is 5.19. The molecule has 5 nitrogen and oxygen atoms in total. The van der Waals surface area contributed by atoms with Crippen molar-refractivity contribution in [3.63, 3.8) is 0 Å². The van der Waals surface area contributed by atoms with Gasteiger partial charge in [-0.05, 0) is 26.3 Å². The number of nitrogens with one attached hydrogen (secondary N) is 1. The summed E-state index contributed by atoms with van der Waals surface area (Å²) in [6.07, 6.45) is 3.11. The minimum atomic E-state index is -0.572. The minimum absolute atomic E-state index is 0.120. The highest BCUT2D eigenvalue weighted by Crippen LogP contribution is 1.99. The molecule has 15 heavy (non-hydrogen) atoms. The molecule has 0 aliphatic rings. The molecule has 0 saturated carbocycles. The van der Waals surface area contributed by atoms with Gasteiger partial charge in [0, 0.05) is 6.42 Å². The molecule has 0 fully saturated rings. The van der Waals surface area contributed by atoms with Gasteiger partial charge in [-0.1, -0.05) is 6.42 Å². The fourth-order valence-corrected chi connectivity index (χ4v) is 1.16. The second kappa shape index (κ2) is 8.23. The molecule has 0 bridgehead atoms. The summed E-state index contributed by atoms with van der Waals surface area (Å²) >= 11 is 0. The van der Waals surface area contributed by atoms with Crippen LogP contribution in [0, 0.1) is 0 Å². The van der Waals surface area contributed by atoms with Crippen molar-refractivity contribution >= 4 is 11.9 Å². The summed E-state index contributed by atoms with van der Waals surface area (Å²) in [5.41, 5.74) is 5.32. The molecular weight excluding hydrogens is 196 g/mol. The van der Waals surface area contributed by atoms with Gasteiger partial charge in [0.1, 0.15) is 6.04 Å². The minimum Gasteiger partial charge on any atom is -0.467 e. The standard InChI is InChI=1S/C10H20N2O3/c1-8(10(14)15-2)12-9(13)6-4-3-5-7-11/h8H,3-7,11H2,1-2H3,(H,12,13). The smallest absolute Gasteiger partial charge is 0.328 e. The molecule has 0 heterocycles. The van der Waals surface area contributed by atoms with E-state index in [1.807, 2.05) is 0 Å². The number of esters is 1. The molecule has 0 aliphatic heterocycles. The van der Waals surface area contributed by atoms with Crippen molar-refractivity contribution in [2.45, 2.75) is 38.6 Å². The van der Waals surface area contributed by atoms with Gasteiger partial charge in [0.25, 0.3) is 0 Å². The summed E-state index contributed by atoms with van der Waals surface area (Å²) in [6, 6.07) is -0.572. The molecule has 0 aromatic carbocycles. The van der Waals surface area contributed by atoms with Gasteiger partial charge in [-0.2, -0.15) is 0 Å². The SMILES string of the molecule is COC(=O)C(C)NC(=O)CCCCCN. The topological polar surface area (TPSA) is 81.4 Å². The number of hydrogen-bond acceptors (Lipinski definition) is 4. The van der Waals surface area contributed by atoms with E-state index in [4.69, 9.17) is 5.73 Å². The van der Waals surface area contributed by atoms with Gasteiger partial charge in [0.05, 0.1) is 7.11 Å². The zero-order chi connectivity index (χ0) is 11.7. The maximum Gasteiger partial charge on any atom is 0.328 e. The molecule has 0 radical (unpaired) electrons. The molecule has 0 spiro atoms. The lowest BCUT2D eigenvalue weighted by Crippen LogP contribution is -2.39. The molecule has 1 atom stereocenters. The normalized spacial score (nSPS) is 11.9. The molecule has 3 N–H and O–H groups in total. The number of ether oxygens (including phenoxy) is 1. The van der Waals surface area contributed by atoms with Crippen molar-refractivity contribution in [3.8, 4) is 0 Å². The number of carbonyl (C=O) groups excluding carboxylic acids is 2. The van der Waals surface area contributed by atoms with Crippen LogP contribution in [0.2, 0.25) is 0 Å². The summed E-state index contributed by atoms with van der Waals surface area (Å²) in [6.45, 7) is 2.25. The molecule has 1 unspecified atom stereocenters. The number of rotatable bonds is 7. The van der Waals surface area contributed by atoms with Crippen LogP contribution < -0.4 is 11.1 Å². The molecule has 5 heteroatoms. The lowest BCUT2D eigenvalue weighted by molar-refractivity contribution is -0.144. The average molecular weight is 216 g/mol. The Morgan fingerprint density at radius 3 is 2.53 bits per heavy atom. The third kappa shape index (κ3) is 6.90. The highest BCUT2D eigenvalue weighted by atomic mass is 16.5. The Kier molecular flexibility index (Phi) is 7.62. The van der Waals surface area contributed by atoms with Crippen LogP contribution in [0.25, 0.3) is 0 Å². The monoisotopic (exact) mass is 216 g/mol. The summed E-state index contributed by atoms with van der Waals surface area (Å²) in [7, 11) is 1.30. The van der Waals surface area contributed by atoms with Crippen molar-refractivity contribution < 1.29 is 14.3 Å². The predicted molar refractivity (Wildman–Crippen MR) is 57.1 cm³/mol. The average Bonchev–Trinajstić information content (AvgIpc) is 2.23. The van der Waals surface area contributed by atoms with Crippen LogP contribution >= 0.6 is 0 Å². The lowest BCUT2D eigenvalue weighted by atomic mass is 10.2. The highest BCUT2D eigenvalue weighted by Gasteiger charge is 2.14. The molecule has 0 aromatic heterocycles. The summed E-state index contributed by atoms with van der Waals surface area (Å²) in [5.74, 6) is -0.546. The van der Waals surface area contributed by atoms with Crippen molar-refractivity contribution in [3.05, 3.63) is 0 Å². The predicted octanol–water partition coefficient (Wildman–Crippen LogP) is 0.183. The van der Waals surface area contributed by atoms with Gasteiger partial charge in [0.2, 0.25) is 5.91 Å². The zero-order valence-electron chi connectivity index (χ0n) is 9.41. The first-order chi connectivity index (χ1) is 7.11. The van der Waals surface area contributed by atoms with E-state index in [-0.39, 0.29) is 5.91 Å². The fourth-order valence-electron chi connectivity index (χ4n) is 1.16. The van der Waals surface area contributed by atoms with Crippen molar-refractivity contribution in [2.75, 3.05) is 13.7 Å². The van der Waals surface area contributed by atoms with Crippen LogP contribution in [0.4, 0.5) is 0 Å². The Hall–Kier alpha value is -1.10. The van der Waals surface area contributed by atoms with Crippen LogP contribution in [0.15, 0.2) is 0 Å². The van der Waals surface area contributed by atoms with E-state index < -0.39 is 12.0 Å². The van der Waals surface area contributed by atoms with Gasteiger partial charge < -0.3 is 15.8 Å². The van der Waals surface area contributed by atoms with E-state index in [0.717, 1.165) is 19.3 Å². The maximum absolute atomic E-state index is 11.3.